The second-order valence-electron chi connectivity index (χ2n) is 8.29. The lowest BCUT2D eigenvalue weighted by Crippen LogP contribution is -2.51. The Morgan fingerprint density at radius 1 is 1.00 bits per heavy atom. The van der Waals surface area contributed by atoms with Crippen molar-refractivity contribution >= 4 is 11.8 Å². The van der Waals surface area contributed by atoms with Crippen molar-refractivity contribution in [2.75, 3.05) is 7.11 Å². The molecule has 0 aliphatic heterocycles. The van der Waals surface area contributed by atoms with Gasteiger partial charge in [0.1, 0.15) is 11.8 Å². The highest BCUT2D eigenvalue weighted by atomic mass is 16.5. The summed E-state index contributed by atoms with van der Waals surface area (Å²) in [6.45, 7) is 10.4. The number of amides is 2. The lowest BCUT2D eigenvalue weighted by molar-refractivity contribution is -0.141. The van der Waals surface area contributed by atoms with Gasteiger partial charge in [-0.3, -0.25) is 9.59 Å². The van der Waals surface area contributed by atoms with Gasteiger partial charge in [0.05, 0.1) is 13.5 Å². The van der Waals surface area contributed by atoms with E-state index < -0.39 is 6.04 Å². The highest BCUT2D eigenvalue weighted by Crippen LogP contribution is 2.19. The van der Waals surface area contributed by atoms with Crippen LogP contribution in [0.3, 0.4) is 0 Å². The van der Waals surface area contributed by atoms with Crippen molar-refractivity contribution in [1.29, 1.82) is 0 Å². The van der Waals surface area contributed by atoms with Crippen LogP contribution in [0.2, 0.25) is 0 Å². The maximum Gasteiger partial charge on any atom is 0.243 e. The van der Waals surface area contributed by atoms with Gasteiger partial charge in [-0.25, -0.2) is 0 Å². The molecular formula is C26H36N2O3. The molecule has 2 aromatic carbocycles. The number of hydrogen-bond acceptors (Lipinski definition) is 3. The molecule has 31 heavy (non-hydrogen) atoms. The predicted octanol–water partition coefficient (Wildman–Crippen LogP) is 4.58. The molecule has 0 bridgehead atoms. The monoisotopic (exact) mass is 424 g/mol. The molecule has 5 heteroatoms. The van der Waals surface area contributed by atoms with E-state index in [0.717, 1.165) is 34.4 Å². The van der Waals surface area contributed by atoms with E-state index in [1.54, 1.807) is 12.0 Å². The third-order valence-corrected chi connectivity index (χ3v) is 5.51. The number of benzene rings is 2. The second-order valence-corrected chi connectivity index (χ2v) is 8.29. The Bertz CT molecular complexity index is 874. The molecule has 0 aliphatic carbocycles. The fourth-order valence-corrected chi connectivity index (χ4v) is 3.78. The zero-order valence-corrected chi connectivity index (χ0v) is 19.7. The molecule has 0 heterocycles. The molecular weight excluding hydrogens is 388 g/mol. The zero-order chi connectivity index (χ0) is 23.0. The molecule has 0 saturated carbocycles. The zero-order valence-electron chi connectivity index (χ0n) is 19.7. The van der Waals surface area contributed by atoms with Gasteiger partial charge < -0.3 is 15.0 Å². The van der Waals surface area contributed by atoms with Crippen molar-refractivity contribution in [3.63, 3.8) is 0 Å². The van der Waals surface area contributed by atoms with Crippen LogP contribution in [0.1, 0.15) is 55.9 Å². The van der Waals surface area contributed by atoms with Crippen LogP contribution in [-0.4, -0.2) is 35.9 Å². The van der Waals surface area contributed by atoms with Crippen molar-refractivity contribution in [3.05, 3.63) is 64.7 Å². The summed E-state index contributed by atoms with van der Waals surface area (Å²) >= 11 is 0. The van der Waals surface area contributed by atoms with Crippen LogP contribution in [0.15, 0.2) is 42.5 Å². The van der Waals surface area contributed by atoms with E-state index in [1.165, 1.54) is 0 Å². The van der Waals surface area contributed by atoms with Gasteiger partial charge in [-0.2, -0.15) is 0 Å². The van der Waals surface area contributed by atoms with E-state index in [4.69, 9.17) is 4.74 Å². The Labute approximate surface area is 186 Å². The SMILES string of the molecule is CC[C@H](C(=O)N[C@@H](C)CC)N(Cc1cccc(OC)c1)C(=O)Cc1cc(C)cc(C)c1. The largest absolute Gasteiger partial charge is 0.497 e. The van der Waals surface area contributed by atoms with Crippen LogP contribution in [0.25, 0.3) is 0 Å². The molecule has 0 aromatic heterocycles. The van der Waals surface area contributed by atoms with Gasteiger partial charge in [0.15, 0.2) is 0 Å². The van der Waals surface area contributed by atoms with Crippen LogP contribution in [-0.2, 0) is 22.6 Å². The Balaban J connectivity index is 2.34. The maximum atomic E-state index is 13.5. The Morgan fingerprint density at radius 2 is 1.68 bits per heavy atom. The third kappa shape index (κ3) is 7.12. The summed E-state index contributed by atoms with van der Waals surface area (Å²) in [5, 5.41) is 3.05. The molecule has 0 radical (unpaired) electrons. The van der Waals surface area contributed by atoms with E-state index in [-0.39, 0.29) is 24.3 Å². The van der Waals surface area contributed by atoms with Crippen LogP contribution in [0, 0.1) is 13.8 Å². The van der Waals surface area contributed by atoms with Gasteiger partial charge in [0, 0.05) is 12.6 Å². The number of carbonyl (C=O) groups excluding carboxylic acids is 2. The second kappa shape index (κ2) is 11.5. The summed E-state index contributed by atoms with van der Waals surface area (Å²) in [7, 11) is 1.62. The number of rotatable bonds is 10. The molecule has 1 N–H and O–H groups in total. The number of nitrogens with zero attached hydrogens (tertiary/aromatic N) is 1. The molecule has 2 rings (SSSR count). The molecule has 2 amide bonds. The predicted molar refractivity (Wildman–Crippen MR) is 125 cm³/mol. The normalized spacial score (nSPS) is 12.7. The number of methoxy groups -OCH3 is 1. The highest BCUT2D eigenvalue weighted by molar-refractivity contribution is 5.88. The number of carbonyl (C=O) groups is 2. The maximum absolute atomic E-state index is 13.5. The Kier molecular flexibility index (Phi) is 9.10. The molecule has 0 unspecified atom stereocenters. The molecule has 2 aromatic rings. The lowest BCUT2D eigenvalue weighted by atomic mass is 10.0. The van der Waals surface area contributed by atoms with Crippen LogP contribution in [0.5, 0.6) is 5.75 Å². The average molecular weight is 425 g/mol. The van der Waals surface area contributed by atoms with Crippen molar-refractivity contribution < 1.29 is 14.3 Å². The minimum atomic E-state index is -0.529. The number of hydrogen-bond donors (Lipinski definition) is 1. The standard InChI is InChI=1S/C26H36N2O3/c1-7-20(5)27-26(30)24(8-2)28(17-21-10-9-11-23(15-21)31-6)25(29)16-22-13-18(3)12-19(4)14-22/h9-15,20,24H,7-8,16-17H2,1-6H3,(H,27,30)/t20-,24+/m0/s1. The van der Waals surface area contributed by atoms with Crippen LogP contribution in [0.4, 0.5) is 0 Å². The van der Waals surface area contributed by atoms with E-state index >= 15 is 0 Å². The molecule has 168 valence electrons. The molecule has 5 nitrogen and oxygen atoms in total. The highest BCUT2D eigenvalue weighted by Gasteiger charge is 2.29. The van der Waals surface area contributed by atoms with Crippen molar-refractivity contribution in [3.8, 4) is 5.75 Å². The van der Waals surface area contributed by atoms with Gasteiger partial charge >= 0.3 is 0 Å². The van der Waals surface area contributed by atoms with Gasteiger partial charge in [-0.05, 0) is 56.9 Å². The lowest BCUT2D eigenvalue weighted by Gasteiger charge is -2.31. The summed E-state index contributed by atoms with van der Waals surface area (Å²) in [5.41, 5.74) is 4.16. The van der Waals surface area contributed by atoms with E-state index in [1.807, 2.05) is 71.0 Å². The summed E-state index contributed by atoms with van der Waals surface area (Å²) < 4.78 is 5.34. The molecule has 2 atom stereocenters. The van der Waals surface area contributed by atoms with Crippen molar-refractivity contribution in [2.45, 2.75) is 72.5 Å². The van der Waals surface area contributed by atoms with Crippen molar-refractivity contribution in [2.24, 2.45) is 0 Å². The van der Waals surface area contributed by atoms with E-state index in [2.05, 4.69) is 11.4 Å². The van der Waals surface area contributed by atoms with E-state index in [0.29, 0.717) is 13.0 Å². The molecule has 0 aliphatic rings. The van der Waals surface area contributed by atoms with Gasteiger partial charge in [-0.1, -0.05) is 55.3 Å². The van der Waals surface area contributed by atoms with Crippen LogP contribution < -0.4 is 10.1 Å². The summed E-state index contributed by atoms with van der Waals surface area (Å²) in [6.07, 6.45) is 1.65. The van der Waals surface area contributed by atoms with Gasteiger partial charge in [0.2, 0.25) is 11.8 Å². The molecule has 0 spiro atoms. The molecule has 0 saturated heterocycles. The van der Waals surface area contributed by atoms with Crippen molar-refractivity contribution in [1.82, 2.24) is 10.2 Å². The average Bonchev–Trinajstić information content (AvgIpc) is 2.72. The fourth-order valence-electron chi connectivity index (χ4n) is 3.78. The minimum absolute atomic E-state index is 0.0565. The number of ether oxygens (including phenoxy) is 1. The topological polar surface area (TPSA) is 58.6 Å². The fraction of sp³-hybridized carbons (Fsp3) is 0.462. The molecule has 0 fully saturated rings. The Hall–Kier alpha value is -2.82. The first kappa shape index (κ1) is 24.4. The van der Waals surface area contributed by atoms with Gasteiger partial charge in [0.25, 0.3) is 0 Å². The summed E-state index contributed by atoms with van der Waals surface area (Å²) in [5.74, 6) is 0.573. The number of aryl methyl sites for hydroxylation is 2. The summed E-state index contributed by atoms with van der Waals surface area (Å²) in [4.78, 5) is 28.2. The third-order valence-electron chi connectivity index (χ3n) is 5.51. The first-order valence-corrected chi connectivity index (χ1v) is 11.1. The first-order valence-electron chi connectivity index (χ1n) is 11.1. The van der Waals surface area contributed by atoms with Gasteiger partial charge in [-0.15, -0.1) is 0 Å². The smallest absolute Gasteiger partial charge is 0.243 e. The number of nitrogens with one attached hydrogen (secondary N) is 1. The minimum Gasteiger partial charge on any atom is -0.497 e. The van der Waals surface area contributed by atoms with Crippen LogP contribution >= 0.6 is 0 Å². The van der Waals surface area contributed by atoms with E-state index in [9.17, 15) is 9.59 Å². The Morgan fingerprint density at radius 3 is 2.26 bits per heavy atom. The first-order chi connectivity index (χ1) is 14.8. The quantitative estimate of drug-likeness (QED) is 0.607. The summed E-state index contributed by atoms with van der Waals surface area (Å²) in [6, 6.07) is 13.3.